The highest BCUT2D eigenvalue weighted by Crippen LogP contribution is 2.19. The zero-order chi connectivity index (χ0) is 25.0. The maximum absolute atomic E-state index is 2.82. The summed E-state index contributed by atoms with van der Waals surface area (Å²) >= 11 is 0. The van der Waals surface area contributed by atoms with E-state index in [1.54, 1.807) is 0 Å². The normalized spacial score (nSPS) is 12.6. The number of unbranched alkanes of at least 4 members (excludes halogenated alkanes) is 20. The van der Waals surface area contributed by atoms with Crippen molar-refractivity contribution in [2.45, 2.75) is 201 Å². The topological polar surface area (TPSA) is 3.24 Å². The zero-order valence-corrected chi connectivity index (χ0v) is 24.8. The summed E-state index contributed by atoms with van der Waals surface area (Å²) in [4.78, 5) is 2.82. The minimum Gasteiger partial charge on any atom is -0.300 e. The molecule has 1 unspecified atom stereocenters. The average molecular weight is 480 g/mol. The molecule has 0 aliphatic rings. The van der Waals surface area contributed by atoms with E-state index in [9.17, 15) is 0 Å². The molecule has 0 aromatic carbocycles. The van der Waals surface area contributed by atoms with Crippen molar-refractivity contribution in [2.24, 2.45) is 0 Å². The van der Waals surface area contributed by atoms with Gasteiger partial charge in [0.1, 0.15) is 0 Å². The van der Waals surface area contributed by atoms with Gasteiger partial charge in [0.15, 0.2) is 0 Å². The van der Waals surface area contributed by atoms with Crippen molar-refractivity contribution in [3.05, 3.63) is 0 Å². The van der Waals surface area contributed by atoms with Crippen molar-refractivity contribution >= 4 is 0 Å². The van der Waals surface area contributed by atoms with Crippen LogP contribution in [0.1, 0.15) is 195 Å². The molecular formula is C33H69N. The van der Waals surface area contributed by atoms with Crippen LogP contribution >= 0.6 is 0 Å². The Bertz CT molecular complexity index is 352. The van der Waals surface area contributed by atoms with Gasteiger partial charge in [0, 0.05) is 6.04 Å². The van der Waals surface area contributed by atoms with Crippen LogP contribution in [0.3, 0.4) is 0 Å². The van der Waals surface area contributed by atoms with Gasteiger partial charge in [-0.2, -0.15) is 0 Å². The van der Waals surface area contributed by atoms with Gasteiger partial charge >= 0.3 is 0 Å². The quantitative estimate of drug-likeness (QED) is 0.0964. The van der Waals surface area contributed by atoms with Gasteiger partial charge in [0.25, 0.3) is 0 Å². The van der Waals surface area contributed by atoms with E-state index in [4.69, 9.17) is 0 Å². The number of rotatable bonds is 29. The Balaban J connectivity index is 3.44. The summed E-state index contributed by atoms with van der Waals surface area (Å²) in [5.74, 6) is 0. The summed E-state index contributed by atoms with van der Waals surface area (Å²) in [6, 6.07) is 0.854. The zero-order valence-electron chi connectivity index (χ0n) is 24.8. The Morgan fingerprint density at radius 2 is 0.706 bits per heavy atom. The molecule has 0 aliphatic carbocycles. The third-order valence-corrected chi connectivity index (χ3v) is 7.84. The van der Waals surface area contributed by atoms with E-state index in [0.717, 1.165) is 6.04 Å². The highest BCUT2D eigenvalue weighted by Gasteiger charge is 2.16. The Labute approximate surface area is 218 Å². The number of nitrogens with zero attached hydrogens (tertiary/aromatic N) is 1. The lowest BCUT2D eigenvalue weighted by Gasteiger charge is -2.31. The molecule has 0 aliphatic heterocycles. The standard InChI is InChI=1S/C33H69N/c1-5-9-11-12-13-14-15-16-17-18-19-20-21-22-23-24-25-26-27-28-30-33(29-7-3)34(31-8-4)32-10-6-2/h33H,5-32H2,1-4H3. The molecule has 0 bridgehead atoms. The molecule has 206 valence electrons. The van der Waals surface area contributed by atoms with E-state index in [1.807, 2.05) is 0 Å². The van der Waals surface area contributed by atoms with E-state index in [1.165, 1.54) is 180 Å². The van der Waals surface area contributed by atoms with Gasteiger partial charge in [-0.05, 0) is 38.8 Å². The van der Waals surface area contributed by atoms with E-state index in [0.29, 0.717) is 0 Å². The molecule has 0 heterocycles. The van der Waals surface area contributed by atoms with Crippen molar-refractivity contribution in [1.29, 1.82) is 0 Å². The number of hydrogen-bond donors (Lipinski definition) is 0. The monoisotopic (exact) mass is 480 g/mol. The Morgan fingerprint density at radius 1 is 0.324 bits per heavy atom. The first kappa shape index (κ1) is 34.0. The van der Waals surface area contributed by atoms with Gasteiger partial charge in [0.05, 0.1) is 0 Å². The van der Waals surface area contributed by atoms with Crippen molar-refractivity contribution in [1.82, 2.24) is 4.90 Å². The fourth-order valence-electron chi connectivity index (χ4n) is 5.60. The highest BCUT2D eigenvalue weighted by atomic mass is 15.1. The van der Waals surface area contributed by atoms with Crippen LogP contribution < -0.4 is 0 Å². The molecule has 0 aromatic rings. The molecule has 0 fully saturated rings. The first-order chi connectivity index (χ1) is 16.8. The average Bonchev–Trinajstić information content (AvgIpc) is 2.84. The van der Waals surface area contributed by atoms with Crippen molar-refractivity contribution in [2.75, 3.05) is 13.1 Å². The van der Waals surface area contributed by atoms with E-state index >= 15 is 0 Å². The maximum atomic E-state index is 2.82. The van der Waals surface area contributed by atoms with Crippen LogP contribution in [0.4, 0.5) is 0 Å². The molecule has 0 N–H and O–H groups in total. The van der Waals surface area contributed by atoms with E-state index < -0.39 is 0 Å². The second kappa shape index (κ2) is 29.2. The van der Waals surface area contributed by atoms with Gasteiger partial charge in [-0.1, -0.05) is 169 Å². The molecule has 1 heteroatoms. The molecule has 34 heavy (non-hydrogen) atoms. The van der Waals surface area contributed by atoms with E-state index in [2.05, 4.69) is 32.6 Å². The van der Waals surface area contributed by atoms with Crippen LogP contribution in [0, 0.1) is 0 Å². The molecule has 0 spiro atoms. The second-order valence-corrected chi connectivity index (χ2v) is 11.3. The lowest BCUT2D eigenvalue weighted by Crippen LogP contribution is -2.36. The summed E-state index contributed by atoms with van der Waals surface area (Å²) in [5.41, 5.74) is 0. The van der Waals surface area contributed by atoms with Crippen molar-refractivity contribution < 1.29 is 0 Å². The summed E-state index contributed by atoms with van der Waals surface area (Å²) < 4.78 is 0. The molecule has 0 amide bonds. The van der Waals surface area contributed by atoms with Crippen molar-refractivity contribution in [3.63, 3.8) is 0 Å². The summed E-state index contributed by atoms with van der Waals surface area (Å²) in [7, 11) is 0. The van der Waals surface area contributed by atoms with Crippen LogP contribution in [0.15, 0.2) is 0 Å². The van der Waals surface area contributed by atoms with Gasteiger partial charge in [0.2, 0.25) is 0 Å². The first-order valence-electron chi connectivity index (χ1n) is 16.5. The molecule has 1 nitrogen and oxygen atoms in total. The molecule has 0 saturated heterocycles. The first-order valence-corrected chi connectivity index (χ1v) is 16.5. The van der Waals surface area contributed by atoms with Gasteiger partial charge in [-0.25, -0.2) is 0 Å². The largest absolute Gasteiger partial charge is 0.300 e. The summed E-state index contributed by atoms with van der Waals surface area (Å²) in [6.07, 6.45) is 37.7. The van der Waals surface area contributed by atoms with Crippen LogP contribution in [0.25, 0.3) is 0 Å². The maximum Gasteiger partial charge on any atom is 0.00951 e. The van der Waals surface area contributed by atoms with Crippen LogP contribution in [0.5, 0.6) is 0 Å². The van der Waals surface area contributed by atoms with Gasteiger partial charge in [-0.15, -0.1) is 0 Å². The SMILES string of the molecule is CCCCCCCCCCCCCCCCCCCCCCC(CCC)N(CCC)CCCC. The summed E-state index contributed by atoms with van der Waals surface area (Å²) in [5, 5.41) is 0. The highest BCUT2D eigenvalue weighted by molar-refractivity contribution is 4.71. The third kappa shape index (κ3) is 23.7. The fraction of sp³-hybridized carbons (Fsp3) is 1.00. The Kier molecular flexibility index (Phi) is 29.2. The van der Waals surface area contributed by atoms with Crippen LogP contribution in [0.2, 0.25) is 0 Å². The molecule has 0 rings (SSSR count). The second-order valence-electron chi connectivity index (χ2n) is 11.3. The molecule has 0 aromatic heterocycles. The van der Waals surface area contributed by atoms with E-state index in [-0.39, 0.29) is 0 Å². The number of hydrogen-bond acceptors (Lipinski definition) is 1. The minimum atomic E-state index is 0.854. The van der Waals surface area contributed by atoms with Crippen LogP contribution in [-0.4, -0.2) is 24.0 Å². The smallest absolute Gasteiger partial charge is 0.00951 e. The Morgan fingerprint density at radius 3 is 1.06 bits per heavy atom. The van der Waals surface area contributed by atoms with Gasteiger partial charge in [-0.3, -0.25) is 0 Å². The molecular weight excluding hydrogens is 410 g/mol. The Hall–Kier alpha value is -0.0400. The lowest BCUT2D eigenvalue weighted by atomic mass is 10.00. The minimum absolute atomic E-state index is 0.854. The lowest BCUT2D eigenvalue weighted by molar-refractivity contribution is 0.170. The molecule has 0 radical (unpaired) electrons. The predicted octanol–water partition coefficient (Wildman–Crippen LogP) is 11.9. The van der Waals surface area contributed by atoms with Crippen LogP contribution in [-0.2, 0) is 0 Å². The predicted molar refractivity (Wildman–Crippen MR) is 158 cm³/mol. The fourth-order valence-corrected chi connectivity index (χ4v) is 5.60. The van der Waals surface area contributed by atoms with Crippen molar-refractivity contribution in [3.8, 4) is 0 Å². The molecule has 0 saturated carbocycles. The molecule has 1 atom stereocenters. The summed E-state index contributed by atoms with van der Waals surface area (Å²) in [6.45, 7) is 12.0. The van der Waals surface area contributed by atoms with Gasteiger partial charge < -0.3 is 4.90 Å². The third-order valence-electron chi connectivity index (χ3n) is 7.84.